The highest BCUT2D eigenvalue weighted by Gasteiger charge is 2.11. The molecule has 0 aliphatic carbocycles. The molecule has 18 heavy (non-hydrogen) atoms. The summed E-state index contributed by atoms with van der Waals surface area (Å²) in [6.07, 6.45) is 0. The number of anilines is 1. The fourth-order valence-electron chi connectivity index (χ4n) is 1.17. The molecular formula is C11H16F2N2O3. The first-order valence-electron chi connectivity index (χ1n) is 5.42. The predicted molar refractivity (Wildman–Crippen MR) is 61.9 cm³/mol. The lowest BCUT2D eigenvalue weighted by atomic mass is 10.4. The molecule has 0 amide bonds. The number of methoxy groups -OCH3 is 1. The second-order valence-electron chi connectivity index (χ2n) is 3.31. The Morgan fingerprint density at radius 2 is 1.89 bits per heavy atom. The average Bonchev–Trinajstić information content (AvgIpc) is 2.36. The molecule has 0 unspecified atom stereocenters. The van der Waals surface area contributed by atoms with Crippen molar-refractivity contribution in [2.45, 2.75) is 0 Å². The van der Waals surface area contributed by atoms with Gasteiger partial charge in [0.1, 0.15) is 6.61 Å². The van der Waals surface area contributed by atoms with E-state index in [4.69, 9.17) is 14.2 Å². The molecular weight excluding hydrogens is 246 g/mol. The first-order valence-corrected chi connectivity index (χ1v) is 5.42. The summed E-state index contributed by atoms with van der Waals surface area (Å²) in [5.74, 6) is -1.93. The van der Waals surface area contributed by atoms with Crippen LogP contribution in [0.25, 0.3) is 0 Å². The van der Waals surface area contributed by atoms with Gasteiger partial charge in [-0.05, 0) is 0 Å². The number of nitrogens with one attached hydrogen (secondary N) is 1. The molecule has 0 atom stereocenters. The molecule has 1 N–H and O–H groups in total. The van der Waals surface area contributed by atoms with Gasteiger partial charge in [-0.3, -0.25) is 0 Å². The van der Waals surface area contributed by atoms with Crippen molar-refractivity contribution in [3.63, 3.8) is 0 Å². The first kappa shape index (κ1) is 14.6. The molecule has 1 aromatic heterocycles. The maximum absolute atomic E-state index is 13.3. The highest BCUT2D eigenvalue weighted by Crippen LogP contribution is 2.20. The molecule has 0 aliphatic heterocycles. The molecule has 1 rings (SSSR count). The minimum atomic E-state index is -0.844. The largest absolute Gasteiger partial charge is 0.473 e. The van der Waals surface area contributed by atoms with E-state index >= 15 is 0 Å². The lowest BCUT2D eigenvalue weighted by molar-refractivity contribution is 0.0529. The molecule has 0 saturated heterocycles. The lowest BCUT2D eigenvalue weighted by Gasteiger charge is -2.09. The minimum absolute atomic E-state index is 0.0632. The minimum Gasteiger partial charge on any atom is -0.473 e. The van der Waals surface area contributed by atoms with Crippen LogP contribution < -0.4 is 10.1 Å². The molecule has 0 spiro atoms. The van der Waals surface area contributed by atoms with E-state index in [2.05, 4.69) is 10.3 Å². The molecule has 0 fully saturated rings. The zero-order valence-corrected chi connectivity index (χ0v) is 10.3. The van der Waals surface area contributed by atoms with Crippen molar-refractivity contribution >= 4 is 5.82 Å². The molecule has 1 aromatic rings. The van der Waals surface area contributed by atoms with Crippen molar-refractivity contribution in [2.24, 2.45) is 0 Å². The van der Waals surface area contributed by atoms with Crippen molar-refractivity contribution in [2.75, 3.05) is 45.9 Å². The lowest BCUT2D eigenvalue weighted by Crippen LogP contribution is -2.12. The van der Waals surface area contributed by atoms with Crippen LogP contribution >= 0.6 is 0 Å². The molecule has 0 aromatic carbocycles. The summed E-state index contributed by atoms with van der Waals surface area (Å²) >= 11 is 0. The van der Waals surface area contributed by atoms with Crippen molar-refractivity contribution in [1.29, 1.82) is 0 Å². The van der Waals surface area contributed by atoms with Gasteiger partial charge in [0.15, 0.2) is 17.5 Å². The van der Waals surface area contributed by atoms with E-state index in [1.807, 2.05) is 0 Å². The van der Waals surface area contributed by atoms with Crippen LogP contribution in [0.15, 0.2) is 6.07 Å². The summed E-state index contributed by atoms with van der Waals surface area (Å²) in [6, 6.07) is 0.722. The van der Waals surface area contributed by atoms with Crippen LogP contribution in [-0.4, -0.2) is 45.6 Å². The number of pyridine rings is 1. The van der Waals surface area contributed by atoms with E-state index in [9.17, 15) is 8.78 Å². The van der Waals surface area contributed by atoms with Crippen molar-refractivity contribution in [3.05, 3.63) is 17.7 Å². The van der Waals surface area contributed by atoms with Crippen LogP contribution in [0.4, 0.5) is 14.6 Å². The van der Waals surface area contributed by atoms with Gasteiger partial charge in [-0.1, -0.05) is 0 Å². The van der Waals surface area contributed by atoms with Gasteiger partial charge in [0, 0.05) is 20.2 Å². The van der Waals surface area contributed by atoms with Crippen LogP contribution in [0.2, 0.25) is 0 Å². The van der Waals surface area contributed by atoms with Crippen molar-refractivity contribution < 1.29 is 23.0 Å². The van der Waals surface area contributed by atoms with Gasteiger partial charge in [-0.15, -0.1) is 0 Å². The van der Waals surface area contributed by atoms with Gasteiger partial charge >= 0.3 is 0 Å². The first-order chi connectivity index (χ1) is 8.69. The van der Waals surface area contributed by atoms with Gasteiger partial charge in [0.2, 0.25) is 0 Å². The van der Waals surface area contributed by atoms with Crippen LogP contribution in [0.3, 0.4) is 0 Å². The van der Waals surface area contributed by atoms with Crippen LogP contribution in [-0.2, 0) is 9.47 Å². The second kappa shape index (κ2) is 7.78. The number of ether oxygens (including phenoxy) is 3. The van der Waals surface area contributed by atoms with Gasteiger partial charge in [-0.25, -0.2) is 8.78 Å². The molecule has 0 bridgehead atoms. The number of hydrogen-bond acceptors (Lipinski definition) is 5. The summed E-state index contributed by atoms with van der Waals surface area (Å²) in [4.78, 5) is 3.66. The molecule has 0 saturated carbocycles. The average molecular weight is 262 g/mol. The fraction of sp³-hybridized carbons (Fsp3) is 0.545. The highest BCUT2D eigenvalue weighted by molar-refractivity contribution is 5.38. The zero-order chi connectivity index (χ0) is 13.4. The molecule has 102 valence electrons. The normalized spacial score (nSPS) is 10.4. The molecule has 0 radical (unpaired) electrons. The van der Waals surface area contributed by atoms with E-state index < -0.39 is 11.6 Å². The van der Waals surface area contributed by atoms with Crippen molar-refractivity contribution in [1.82, 2.24) is 4.98 Å². The van der Waals surface area contributed by atoms with Gasteiger partial charge < -0.3 is 19.5 Å². The summed E-state index contributed by atoms with van der Waals surface area (Å²) in [6.45, 7) is 1.31. The Morgan fingerprint density at radius 1 is 1.17 bits per heavy atom. The van der Waals surface area contributed by atoms with Crippen LogP contribution in [0.1, 0.15) is 0 Å². The van der Waals surface area contributed by atoms with E-state index in [0.717, 1.165) is 6.07 Å². The quantitative estimate of drug-likeness (QED) is 0.718. The van der Waals surface area contributed by atoms with Crippen LogP contribution in [0, 0.1) is 11.6 Å². The highest BCUT2D eigenvalue weighted by atomic mass is 19.1. The van der Waals surface area contributed by atoms with Gasteiger partial charge in [-0.2, -0.15) is 4.98 Å². The second-order valence-corrected chi connectivity index (χ2v) is 3.31. The summed E-state index contributed by atoms with van der Waals surface area (Å²) in [5.41, 5.74) is 0. The number of rotatable bonds is 8. The molecule has 1 heterocycles. The standard InChI is InChI=1S/C11H16F2N2O3/c1-14-10-8(12)7-9(13)11(15-10)18-6-5-17-4-3-16-2/h7H,3-6H2,1-2H3,(H,14,15). The smallest absolute Gasteiger partial charge is 0.252 e. The Kier molecular flexibility index (Phi) is 6.31. The van der Waals surface area contributed by atoms with Gasteiger partial charge in [0.25, 0.3) is 5.88 Å². The topological polar surface area (TPSA) is 52.6 Å². The molecule has 7 heteroatoms. The maximum Gasteiger partial charge on any atom is 0.252 e. The molecule has 0 aliphatic rings. The molecule has 5 nitrogen and oxygen atoms in total. The van der Waals surface area contributed by atoms with E-state index in [-0.39, 0.29) is 24.9 Å². The summed E-state index contributed by atoms with van der Waals surface area (Å²) in [7, 11) is 3.05. The zero-order valence-electron chi connectivity index (χ0n) is 10.3. The van der Waals surface area contributed by atoms with Gasteiger partial charge in [0.05, 0.1) is 19.8 Å². The fourth-order valence-corrected chi connectivity index (χ4v) is 1.17. The number of aromatic nitrogens is 1. The Morgan fingerprint density at radius 3 is 2.56 bits per heavy atom. The van der Waals surface area contributed by atoms with E-state index in [1.165, 1.54) is 7.05 Å². The predicted octanol–water partition coefficient (Wildman–Crippen LogP) is 1.44. The monoisotopic (exact) mass is 262 g/mol. The third-order valence-corrected chi connectivity index (χ3v) is 2.03. The number of hydrogen-bond donors (Lipinski definition) is 1. The van der Waals surface area contributed by atoms with Crippen molar-refractivity contribution in [3.8, 4) is 5.88 Å². The Balaban J connectivity index is 2.42. The Bertz CT molecular complexity index is 378. The maximum atomic E-state index is 13.3. The van der Waals surface area contributed by atoms with Crippen LogP contribution in [0.5, 0.6) is 5.88 Å². The third kappa shape index (κ3) is 4.42. The SMILES string of the molecule is CNc1nc(OCCOCCOC)c(F)cc1F. The van der Waals surface area contributed by atoms with E-state index in [0.29, 0.717) is 13.2 Å². The number of nitrogens with zero attached hydrogens (tertiary/aromatic N) is 1. The third-order valence-electron chi connectivity index (χ3n) is 2.03. The Labute approximate surface area is 104 Å². The Hall–Kier alpha value is -1.47. The summed E-state index contributed by atoms with van der Waals surface area (Å²) < 4.78 is 41.3. The summed E-state index contributed by atoms with van der Waals surface area (Å²) in [5, 5.41) is 2.50. The number of halogens is 2. The van der Waals surface area contributed by atoms with E-state index in [1.54, 1.807) is 7.11 Å².